The molecule has 2 heterocycles. The fourth-order valence-electron chi connectivity index (χ4n) is 5.78. The average molecular weight is 666 g/mol. The number of fused-ring (bicyclic) bond motifs is 6. The second-order valence-electron chi connectivity index (χ2n) is 10.9. The highest BCUT2D eigenvalue weighted by molar-refractivity contribution is 7.86. The maximum Gasteiger partial charge on any atom is 0.265 e. The number of nitrogens with zero attached hydrogens (tertiary/aromatic N) is 2. The van der Waals surface area contributed by atoms with Gasteiger partial charge in [-0.3, -0.25) is 9.11 Å². The second kappa shape index (κ2) is 12.5. The lowest BCUT2D eigenvalue weighted by Crippen LogP contribution is -2.36. The Morgan fingerprint density at radius 1 is 0.867 bits per heavy atom. The van der Waals surface area contributed by atoms with Crippen molar-refractivity contribution in [1.82, 2.24) is 0 Å². The summed E-state index contributed by atoms with van der Waals surface area (Å²) in [6, 6.07) is 24.0. The molecule has 0 unspecified atom stereocenters. The largest absolute Gasteiger partial charge is 0.439 e. The molecule has 45 heavy (non-hydrogen) atoms. The minimum atomic E-state index is -4.12. The number of anilines is 1. The van der Waals surface area contributed by atoms with Crippen molar-refractivity contribution in [3.8, 4) is 5.75 Å². The van der Waals surface area contributed by atoms with Crippen molar-refractivity contribution in [1.29, 1.82) is 0 Å². The smallest absolute Gasteiger partial charge is 0.265 e. The van der Waals surface area contributed by atoms with Gasteiger partial charge in [0, 0.05) is 30.5 Å². The predicted octanol–water partition coefficient (Wildman–Crippen LogP) is 6.58. The zero-order valence-electron chi connectivity index (χ0n) is 24.6. The molecule has 0 radical (unpaired) electrons. The van der Waals surface area contributed by atoms with Crippen LogP contribution in [0.5, 0.6) is 5.75 Å². The topological polar surface area (TPSA) is 125 Å². The number of hydrogen-bond donors (Lipinski definition) is 2. The highest BCUT2D eigenvalue weighted by Crippen LogP contribution is 2.44. The number of rotatable bonds is 11. The van der Waals surface area contributed by atoms with Gasteiger partial charge in [0.05, 0.1) is 22.6 Å². The van der Waals surface area contributed by atoms with Gasteiger partial charge in [-0.15, -0.1) is 0 Å². The van der Waals surface area contributed by atoms with Crippen molar-refractivity contribution in [2.75, 3.05) is 23.0 Å². The standard InChI is InChI=1S/C33H32N2O7S3/c1-2-23(21-30-34(17-7-19-44(36,37)38)32-26-11-5-3-9-24(26)13-15-28(32)42-30)22-31-35(18-8-20-45(39,40)41)33-27-12-6-4-10-25(27)14-16-29(33)43-31/h3-6,9-16,21-22H,2,7-8,17-20H2,1H3,(H-,36,37,38,39,40,41)/p+1. The molecule has 234 valence electrons. The molecule has 5 aromatic rings. The lowest BCUT2D eigenvalue weighted by atomic mass is 10.1. The van der Waals surface area contributed by atoms with Crippen LogP contribution in [0, 0.1) is 0 Å². The number of aromatic nitrogens is 1. The van der Waals surface area contributed by atoms with E-state index in [-0.39, 0.29) is 24.3 Å². The molecule has 1 aliphatic heterocycles. The van der Waals surface area contributed by atoms with Crippen molar-refractivity contribution in [3.63, 3.8) is 0 Å². The minimum Gasteiger partial charge on any atom is -0.439 e. The number of benzene rings is 4. The van der Waals surface area contributed by atoms with Crippen LogP contribution >= 0.6 is 11.3 Å². The van der Waals surface area contributed by atoms with E-state index in [1.807, 2.05) is 72.5 Å². The highest BCUT2D eigenvalue weighted by Gasteiger charge is 2.29. The van der Waals surface area contributed by atoms with Crippen molar-refractivity contribution in [3.05, 3.63) is 95.3 Å². The Bertz CT molecular complexity index is 2200. The minimum absolute atomic E-state index is 0.199. The van der Waals surface area contributed by atoms with Crippen LogP contribution < -0.4 is 14.2 Å². The van der Waals surface area contributed by atoms with Gasteiger partial charge < -0.3 is 9.64 Å². The molecule has 9 nitrogen and oxygen atoms in total. The Morgan fingerprint density at radius 2 is 1.51 bits per heavy atom. The molecule has 0 spiro atoms. The molecular weight excluding hydrogens is 633 g/mol. The molecule has 0 saturated heterocycles. The van der Waals surface area contributed by atoms with Crippen LogP contribution in [0.25, 0.3) is 37.8 Å². The Kier molecular flexibility index (Phi) is 8.68. The number of hydrogen-bond acceptors (Lipinski definition) is 7. The molecule has 0 atom stereocenters. The molecule has 1 aliphatic rings. The van der Waals surface area contributed by atoms with E-state index >= 15 is 0 Å². The molecular formula is C33H33N2O7S3+. The zero-order valence-corrected chi connectivity index (χ0v) is 27.0. The maximum absolute atomic E-state index is 11.5. The normalized spacial score (nSPS) is 15.0. The number of thiazole rings is 1. The lowest BCUT2D eigenvalue weighted by molar-refractivity contribution is -0.667. The monoisotopic (exact) mass is 665 g/mol. The molecule has 2 N–H and O–H groups in total. The van der Waals surface area contributed by atoms with Gasteiger partial charge in [0.2, 0.25) is 11.4 Å². The van der Waals surface area contributed by atoms with E-state index in [1.54, 1.807) is 11.3 Å². The van der Waals surface area contributed by atoms with Gasteiger partial charge in [0.15, 0.2) is 12.3 Å². The molecule has 4 aromatic carbocycles. The number of allylic oxidation sites excluding steroid dienone is 2. The predicted molar refractivity (Wildman–Crippen MR) is 180 cm³/mol. The van der Waals surface area contributed by atoms with Gasteiger partial charge in [0.1, 0.15) is 4.70 Å². The van der Waals surface area contributed by atoms with Crippen LogP contribution in [0.2, 0.25) is 0 Å². The molecule has 12 heteroatoms. The third kappa shape index (κ3) is 6.90. The Morgan fingerprint density at radius 3 is 2.22 bits per heavy atom. The van der Waals surface area contributed by atoms with Gasteiger partial charge in [-0.25, -0.2) is 0 Å². The molecule has 0 amide bonds. The van der Waals surface area contributed by atoms with Crippen LogP contribution in [0.3, 0.4) is 0 Å². The van der Waals surface area contributed by atoms with E-state index in [0.29, 0.717) is 31.1 Å². The quantitative estimate of drug-likeness (QED) is 0.120. The van der Waals surface area contributed by atoms with Crippen LogP contribution in [-0.4, -0.2) is 44.0 Å². The summed E-state index contributed by atoms with van der Waals surface area (Å²) in [6.07, 6.45) is 5.12. The van der Waals surface area contributed by atoms with Crippen molar-refractivity contribution >= 4 is 75.1 Å². The fraction of sp³-hybridized carbons (Fsp3) is 0.242. The van der Waals surface area contributed by atoms with Gasteiger partial charge in [-0.05, 0) is 47.4 Å². The van der Waals surface area contributed by atoms with Gasteiger partial charge in [0.25, 0.3) is 25.2 Å². The summed E-state index contributed by atoms with van der Waals surface area (Å²) in [5.41, 5.74) is 2.80. The van der Waals surface area contributed by atoms with Crippen LogP contribution in [0.1, 0.15) is 31.2 Å². The molecule has 0 saturated carbocycles. The van der Waals surface area contributed by atoms with Crippen LogP contribution in [0.4, 0.5) is 5.69 Å². The Hall–Kier alpha value is -3.81. The third-order valence-electron chi connectivity index (χ3n) is 7.82. The SMILES string of the molecule is CCC(=Cc1sc2ccc3ccccc3c2[n+]1CCCS(=O)(=O)O)C=C1Oc2ccc3ccccc3c2N1CCCS(=O)(=O)O. The van der Waals surface area contributed by atoms with Gasteiger partial charge >= 0.3 is 0 Å². The van der Waals surface area contributed by atoms with E-state index < -0.39 is 20.2 Å². The first-order valence-electron chi connectivity index (χ1n) is 14.6. The summed E-state index contributed by atoms with van der Waals surface area (Å²) in [5, 5.41) is 5.05. The molecule has 0 aliphatic carbocycles. The molecule has 1 aromatic heterocycles. The first kappa shape index (κ1) is 31.2. The van der Waals surface area contributed by atoms with E-state index in [4.69, 9.17) is 4.74 Å². The van der Waals surface area contributed by atoms with Gasteiger partial charge in [-0.1, -0.05) is 72.9 Å². The summed E-state index contributed by atoms with van der Waals surface area (Å²) in [5.74, 6) is 0.506. The van der Waals surface area contributed by atoms with E-state index in [0.717, 1.165) is 48.0 Å². The first-order valence-corrected chi connectivity index (χ1v) is 18.7. The number of ether oxygens (including phenoxy) is 1. The van der Waals surface area contributed by atoms with Crippen molar-refractivity contribution < 1.29 is 35.2 Å². The van der Waals surface area contributed by atoms with E-state index in [9.17, 15) is 25.9 Å². The average Bonchev–Trinajstić information content (AvgIpc) is 3.53. The Labute approximate surface area is 266 Å². The van der Waals surface area contributed by atoms with E-state index in [1.165, 1.54) is 0 Å². The third-order valence-corrected chi connectivity index (χ3v) is 10.5. The van der Waals surface area contributed by atoms with Crippen LogP contribution in [-0.2, 0) is 26.8 Å². The fourth-order valence-corrected chi connectivity index (χ4v) is 7.95. The summed E-state index contributed by atoms with van der Waals surface area (Å²) in [6.45, 7) is 2.74. The molecule has 0 fully saturated rings. The van der Waals surface area contributed by atoms with Crippen molar-refractivity contribution in [2.24, 2.45) is 0 Å². The summed E-state index contributed by atoms with van der Waals surface area (Å²) >= 11 is 1.60. The summed E-state index contributed by atoms with van der Waals surface area (Å²) in [7, 11) is -8.23. The Balaban J connectivity index is 1.44. The van der Waals surface area contributed by atoms with Crippen molar-refractivity contribution in [2.45, 2.75) is 32.7 Å². The molecule has 0 bridgehead atoms. The number of aryl methyl sites for hydroxylation is 1. The summed E-state index contributed by atoms with van der Waals surface area (Å²) in [4.78, 5) is 1.96. The first-order chi connectivity index (χ1) is 21.5. The molecule has 6 rings (SSSR count). The van der Waals surface area contributed by atoms with Gasteiger partial charge in [-0.2, -0.15) is 21.4 Å². The summed E-state index contributed by atoms with van der Waals surface area (Å²) < 4.78 is 74.4. The van der Waals surface area contributed by atoms with E-state index in [2.05, 4.69) is 28.8 Å². The second-order valence-corrected chi connectivity index (χ2v) is 15.2. The lowest BCUT2D eigenvalue weighted by Gasteiger charge is -2.19. The highest BCUT2D eigenvalue weighted by atomic mass is 32.2. The van der Waals surface area contributed by atoms with Crippen LogP contribution in [0.15, 0.2) is 90.3 Å². The zero-order chi connectivity index (χ0) is 31.8. The maximum atomic E-state index is 11.5.